The van der Waals surface area contributed by atoms with E-state index in [2.05, 4.69) is 24.5 Å². The van der Waals surface area contributed by atoms with Crippen LogP contribution in [0.4, 0.5) is 5.69 Å². The molecule has 0 radical (unpaired) electrons. The van der Waals surface area contributed by atoms with Gasteiger partial charge in [0, 0.05) is 29.7 Å². The number of nitrogens with one attached hydrogen (secondary N) is 2. The Bertz CT molecular complexity index is 1300. The van der Waals surface area contributed by atoms with Crippen molar-refractivity contribution in [3.8, 4) is 17.1 Å². The molecule has 4 rings (SSSR count). The third-order valence-corrected chi connectivity index (χ3v) is 6.44. The molecule has 0 amide bonds. The first-order valence-electron chi connectivity index (χ1n) is 12.2. The predicted octanol–water partition coefficient (Wildman–Crippen LogP) is 5.80. The molecule has 1 heterocycles. The number of aliphatic hydroxyl groups is 1. The van der Waals surface area contributed by atoms with Crippen LogP contribution in [0, 0.1) is 5.92 Å². The van der Waals surface area contributed by atoms with Gasteiger partial charge in [0.05, 0.1) is 11.1 Å². The number of ether oxygens (including phenoxy) is 1. The maximum absolute atomic E-state index is 10.7. The van der Waals surface area contributed by atoms with Crippen molar-refractivity contribution < 1.29 is 24.2 Å². The van der Waals surface area contributed by atoms with Crippen LogP contribution in [0.25, 0.3) is 22.3 Å². The maximum Gasteiger partial charge on any atom is 0.333 e. The average molecular weight is 523 g/mol. The van der Waals surface area contributed by atoms with Gasteiger partial charge in [-0.05, 0) is 53.9 Å². The average Bonchev–Trinajstić information content (AvgIpc) is 3.31. The third-order valence-electron chi connectivity index (χ3n) is 6.12. The summed E-state index contributed by atoms with van der Waals surface area (Å²) in [5, 5.41) is 26.1. The molecule has 0 saturated heterocycles. The molecule has 0 unspecified atom stereocenters. The quantitative estimate of drug-likeness (QED) is 0.186. The van der Waals surface area contributed by atoms with Crippen molar-refractivity contribution in [2.75, 3.05) is 18.5 Å². The largest absolute Gasteiger partial charge is 0.491 e. The molecule has 0 aliphatic carbocycles. The summed E-state index contributed by atoms with van der Waals surface area (Å²) in [5.74, 6) is 0.473. The van der Waals surface area contributed by atoms with Crippen molar-refractivity contribution in [1.82, 2.24) is 5.32 Å². The molecule has 0 fully saturated rings. The molecule has 194 valence electrons. The fourth-order valence-electron chi connectivity index (χ4n) is 3.86. The van der Waals surface area contributed by atoms with Gasteiger partial charge in [0.2, 0.25) is 0 Å². The lowest BCUT2D eigenvalue weighted by atomic mass is 10.0. The zero-order chi connectivity index (χ0) is 26.4. The Kier molecular flexibility index (Phi) is 8.71. The van der Waals surface area contributed by atoms with Crippen LogP contribution in [0.3, 0.4) is 0 Å². The number of hydrogen-bond donors (Lipinski definition) is 4. The number of carbonyl (C=O) groups is 1. The minimum absolute atomic E-state index is 0.00856. The third kappa shape index (κ3) is 7.04. The number of aliphatic hydroxyl groups excluding tert-OH is 1. The van der Waals surface area contributed by atoms with Gasteiger partial charge in [-0.2, -0.15) is 0 Å². The van der Waals surface area contributed by atoms with Crippen LogP contribution in [0.1, 0.15) is 19.4 Å². The first-order chi connectivity index (χ1) is 17.8. The summed E-state index contributed by atoms with van der Waals surface area (Å²) >= 11 is 6.58. The Morgan fingerprint density at radius 1 is 1.05 bits per heavy atom. The molecule has 0 saturated carbocycles. The highest BCUT2D eigenvalue weighted by molar-refractivity contribution is 6.33. The summed E-state index contributed by atoms with van der Waals surface area (Å²) in [4.78, 5) is 10.7. The van der Waals surface area contributed by atoms with E-state index in [-0.39, 0.29) is 12.6 Å². The van der Waals surface area contributed by atoms with Crippen LogP contribution in [0.2, 0.25) is 5.02 Å². The van der Waals surface area contributed by atoms with Gasteiger partial charge in [-0.3, -0.25) is 0 Å². The smallest absolute Gasteiger partial charge is 0.333 e. The van der Waals surface area contributed by atoms with E-state index in [4.69, 9.17) is 25.9 Å². The Morgan fingerprint density at radius 2 is 1.81 bits per heavy atom. The van der Waals surface area contributed by atoms with Crippen LogP contribution < -0.4 is 15.4 Å². The fraction of sp³-hybridized carbons (Fsp3) is 0.276. The first-order valence-corrected chi connectivity index (χ1v) is 12.6. The van der Waals surface area contributed by atoms with Crippen molar-refractivity contribution in [2.24, 2.45) is 5.92 Å². The van der Waals surface area contributed by atoms with Crippen LogP contribution in [0.15, 0.2) is 77.2 Å². The molecule has 4 aromatic rings. The van der Waals surface area contributed by atoms with Crippen LogP contribution in [-0.4, -0.2) is 41.5 Å². The number of carboxylic acid groups (broad SMARTS) is 1. The highest BCUT2D eigenvalue weighted by Gasteiger charge is 2.16. The summed E-state index contributed by atoms with van der Waals surface area (Å²) in [6, 6.07) is 23.4. The second-order valence-electron chi connectivity index (χ2n) is 9.28. The van der Waals surface area contributed by atoms with Gasteiger partial charge in [-0.25, -0.2) is 4.79 Å². The Hall–Kier alpha value is -3.52. The zero-order valence-corrected chi connectivity index (χ0v) is 21.5. The summed E-state index contributed by atoms with van der Waals surface area (Å²) in [6.45, 7) is 5.17. The van der Waals surface area contributed by atoms with Gasteiger partial charge in [0.15, 0.2) is 6.10 Å². The number of furan rings is 1. The molecule has 1 aromatic heterocycles. The molecule has 8 heteroatoms. The summed E-state index contributed by atoms with van der Waals surface area (Å²) in [7, 11) is 0. The lowest BCUT2D eigenvalue weighted by molar-refractivity contribution is -0.146. The Labute approximate surface area is 221 Å². The molecule has 3 aromatic carbocycles. The number of anilines is 1. The minimum atomic E-state index is -1.41. The highest BCUT2D eigenvalue weighted by atomic mass is 35.5. The number of fused-ring (bicyclic) bond motifs is 1. The lowest BCUT2D eigenvalue weighted by Crippen LogP contribution is -2.33. The van der Waals surface area contributed by atoms with Crippen molar-refractivity contribution in [3.05, 3.63) is 83.4 Å². The molecule has 0 aliphatic rings. The van der Waals surface area contributed by atoms with Gasteiger partial charge in [-0.15, -0.1) is 0 Å². The number of aliphatic carboxylic acids is 1. The van der Waals surface area contributed by atoms with E-state index < -0.39 is 12.1 Å². The van der Waals surface area contributed by atoms with E-state index in [0.717, 1.165) is 33.5 Å². The summed E-state index contributed by atoms with van der Waals surface area (Å²) in [6.07, 6.45) is -1.41. The Balaban J connectivity index is 1.33. The van der Waals surface area contributed by atoms with E-state index in [9.17, 15) is 9.90 Å². The molecular formula is C29H31ClN2O5. The molecule has 0 spiro atoms. The van der Waals surface area contributed by atoms with E-state index in [1.165, 1.54) is 0 Å². The van der Waals surface area contributed by atoms with Gasteiger partial charge in [0.1, 0.15) is 23.7 Å². The molecule has 4 N–H and O–H groups in total. The molecule has 0 bridgehead atoms. The predicted molar refractivity (Wildman–Crippen MR) is 146 cm³/mol. The van der Waals surface area contributed by atoms with Crippen molar-refractivity contribution in [2.45, 2.75) is 32.5 Å². The second kappa shape index (κ2) is 12.1. The SMILES string of the molecule is CC(C)[C@@H](COc1ccc(-c2cc3ccccc3o2)c(Cl)c1)Nc1ccc(CNC[C@@H](O)C(=O)O)cc1. The molecule has 7 nitrogen and oxygen atoms in total. The van der Waals surface area contributed by atoms with Crippen molar-refractivity contribution >= 4 is 34.2 Å². The van der Waals surface area contributed by atoms with Gasteiger partial charge in [0.25, 0.3) is 0 Å². The van der Waals surface area contributed by atoms with Crippen molar-refractivity contribution in [1.29, 1.82) is 0 Å². The second-order valence-corrected chi connectivity index (χ2v) is 9.69. The molecular weight excluding hydrogens is 492 g/mol. The van der Waals surface area contributed by atoms with E-state index in [1.54, 1.807) is 0 Å². The number of rotatable bonds is 12. The fourth-order valence-corrected chi connectivity index (χ4v) is 4.12. The van der Waals surface area contributed by atoms with Crippen LogP contribution >= 0.6 is 11.6 Å². The van der Waals surface area contributed by atoms with E-state index in [0.29, 0.717) is 29.8 Å². The number of para-hydroxylation sites is 1. The zero-order valence-electron chi connectivity index (χ0n) is 20.8. The topological polar surface area (TPSA) is 104 Å². The van der Waals surface area contributed by atoms with Gasteiger partial charge in [-0.1, -0.05) is 55.8 Å². The molecule has 2 atom stereocenters. The van der Waals surface area contributed by atoms with Crippen LogP contribution in [-0.2, 0) is 11.3 Å². The monoisotopic (exact) mass is 522 g/mol. The number of carboxylic acids is 1. The normalized spacial score (nSPS) is 13.0. The molecule has 37 heavy (non-hydrogen) atoms. The maximum atomic E-state index is 10.7. The number of halogens is 1. The van der Waals surface area contributed by atoms with E-state index in [1.807, 2.05) is 72.8 Å². The minimum Gasteiger partial charge on any atom is -0.491 e. The van der Waals surface area contributed by atoms with E-state index >= 15 is 0 Å². The Morgan fingerprint density at radius 3 is 2.49 bits per heavy atom. The lowest BCUT2D eigenvalue weighted by Gasteiger charge is -2.24. The number of benzene rings is 3. The van der Waals surface area contributed by atoms with Gasteiger partial charge < -0.3 is 30.0 Å². The number of hydrogen-bond acceptors (Lipinski definition) is 6. The molecule has 0 aliphatic heterocycles. The standard InChI is InChI=1S/C29H31ClN2O5/c1-18(2)25(32-21-9-7-19(8-10-21)15-31-16-26(33)29(34)35)17-36-22-11-12-23(24(30)14-22)28-13-20-5-3-4-6-27(20)37-28/h3-14,18,25-26,31-33H,15-17H2,1-2H3,(H,34,35)/t25-,26-/m1/s1. The van der Waals surface area contributed by atoms with Gasteiger partial charge >= 0.3 is 5.97 Å². The van der Waals surface area contributed by atoms with Crippen molar-refractivity contribution in [3.63, 3.8) is 0 Å². The van der Waals surface area contributed by atoms with Crippen LogP contribution in [0.5, 0.6) is 5.75 Å². The summed E-state index contributed by atoms with van der Waals surface area (Å²) in [5.41, 5.74) is 3.58. The highest BCUT2D eigenvalue weighted by Crippen LogP contribution is 2.34. The first kappa shape index (κ1) is 26.5. The summed E-state index contributed by atoms with van der Waals surface area (Å²) < 4.78 is 12.0.